The first-order chi connectivity index (χ1) is 7.31. The topological polar surface area (TPSA) is 0 Å². The molecule has 0 saturated heterocycles. The molecular weight excluding hydrogens is 187 g/mol. The molecule has 0 saturated carbocycles. The minimum atomic E-state index is -0.567. The van der Waals surface area contributed by atoms with Crippen LogP contribution in [0.5, 0.6) is 0 Å². The van der Waals surface area contributed by atoms with E-state index in [0.717, 1.165) is 32.1 Å². The van der Waals surface area contributed by atoms with E-state index in [1.54, 1.807) is 0 Å². The average molecular weight is 215 g/mol. The van der Waals surface area contributed by atoms with Gasteiger partial charge in [-0.3, -0.25) is 0 Å². The molecule has 0 aliphatic heterocycles. The van der Waals surface area contributed by atoms with Crippen molar-refractivity contribution in [3.63, 3.8) is 0 Å². The molecule has 15 heavy (non-hydrogen) atoms. The van der Waals surface area contributed by atoms with Crippen molar-refractivity contribution in [3.8, 4) is 0 Å². The molecule has 0 bridgehead atoms. The summed E-state index contributed by atoms with van der Waals surface area (Å²) >= 11 is 0. The number of hydrogen-bond acceptors (Lipinski definition) is 0. The molecule has 0 aliphatic rings. The van der Waals surface area contributed by atoms with E-state index < -0.39 is 6.17 Å². The minimum Gasteiger partial charge on any atom is -0.247 e. The lowest BCUT2D eigenvalue weighted by Gasteiger charge is -2.06. The van der Waals surface area contributed by atoms with Crippen molar-refractivity contribution in [1.82, 2.24) is 0 Å². The van der Waals surface area contributed by atoms with Crippen LogP contribution >= 0.6 is 0 Å². The van der Waals surface area contributed by atoms with Gasteiger partial charge < -0.3 is 0 Å². The quantitative estimate of drug-likeness (QED) is 0.401. The summed E-state index contributed by atoms with van der Waals surface area (Å²) in [6.07, 6.45) is 11.7. The lowest BCUT2D eigenvalue weighted by molar-refractivity contribution is 0.282. The van der Waals surface area contributed by atoms with Gasteiger partial charge in [-0.25, -0.2) is 4.39 Å². The molecule has 1 heteroatoms. The second-order valence-corrected chi connectivity index (χ2v) is 4.50. The normalized spacial score (nSPS) is 13.0. The summed E-state index contributed by atoms with van der Waals surface area (Å²) in [4.78, 5) is 0. The van der Waals surface area contributed by atoms with Crippen molar-refractivity contribution in [2.24, 2.45) is 0 Å². The second-order valence-electron chi connectivity index (χ2n) is 4.50. The molecule has 0 N–H and O–H groups in total. The molecule has 0 aromatic heterocycles. The number of alkyl halides is 1. The predicted octanol–water partition coefficient (Wildman–Crippen LogP) is 5.47. The van der Waals surface area contributed by atoms with E-state index in [4.69, 9.17) is 0 Å². The zero-order chi connectivity index (χ0) is 11.4. The van der Waals surface area contributed by atoms with E-state index in [1.165, 1.54) is 38.5 Å². The van der Waals surface area contributed by atoms with Crippen LogP contribution in [0.2, 0.25) is 0 Å². The Hall–Kier alpha value is -0.0700. The molecule has 1 atom stereocenters. The second kappa shape index (κ2) is 12.0. The first-order valence-corrected chi connectivity index (χ1v) is 6.74. The highest BCUT2D eigenvalue weighted by Gasteiger charge is 2.04. The summed E-state index contributed by atoms with van der Waals surface area (Å²) < 4.78 is 13.2. The molecule has 1 radical (unpaired) electrons. The number of hydrogen-bond donors (Lipinski definition) is 0. The highest BCUT2D eigenvalue weighted by molar-refractivity contribution is 4.57. The van der Waals surface area contributed by atoms with Gasteiger partial charge in [0.25, 0.3) is 0 Å². The lowest BCUT2D eigenvalue weighted by Crippen LogP contribution is -1.99. The first kappa shape index (κ1) is 14.9. The molecule has 0 rings (SSSR count). The van der Waals surface area contributed by atoms with Crippen LogP contribution in [0.3, 0.4) is 0 Å². The largest absolute Gasteiger partial charge is 0.247 e. The van der Waals surface area contributed by atoms with E-state index in [2.05, 4.69) is 13.8 Å². The molecule has 1 unspecified atom stereocenters. The molecule has 0 fully saturated rings. The average Bonchev–Trinajstić information content (AvgIpc) is 2.25. The smallest absolute Gasteiger partial charge is 0.100 e. The molecule has 0 aromatic rings. The molecule has 0 aromatic carbocycles. The lowest BCUT2D eigenvalue weighted by atomic mass is 10.0. The predicted molar refractivity (Wildman–Crippen MR) is 66.7 cm³/mol. The van der Waals surface area contributed by atoms with Crippen molar-refractivity contribution in [2.45, 2.75) is 83.7 Å². The van der Waals surface area contributed by atoms with Crippen LogP contribution in [-0.2, 0) is 0 Å². The van der Waals surface area contributed by atoms with Crippen molar-refractivity contribution >= 4 is 0 Å². The van der Waals surface area contributed by atoms with Gasteiger partial charge in [0.2, 0.25) is 0 Å². The van der Waals surface area contributed by atoms with E-state index in [0.29, 0.717) is 0 Å². The van der Waals surface area contributed by atoms with Crippen molar-refractivity contribution in [2.75, 3.05) is 0 Å². The SMILES string of the molecule is [CH2]CCCC(F)CCCCCCCCC. The fourth-order valence-electron chi connectivity index (χ4n) is 1.83. The number of halogens is 1. The Morgan fingerprint density at radius 3 is 2.00 bits per heavy atom. The van der Waals surface area contributed by atoms with Crippen molar-refractivity contribution in [3.05, 3.63) is 6.92 Å². The Bertz CT molecular complexity index is 112. The molecule has 91 valence electrons. The van der Waals surface area contributed by atoms with Gasteiger partial charge in [0, 0.05) is 0 Å². The summed E-state index contributed by atoms with van der Waals surface area (Å²) in [5.74, 6) is 0. The number of rotatable bonds is 11. The van der Waals surface area contributed by atoms with Crippen LogP contribution in [0.15, 0.2) is 0 Å². The summed E-state index contributed by atoms with van der Waals surface area (Å²) in [6.45, 7) is 5.96. The van der Waals surface area contributed by atoms with Crippen LogP contribution in [0.1, 0.15) is 77.6 Å². The summed E-state index contributed by atoms with van der Waals surface area (Å²) in [5, 5.41) is 0. The van der Waals surface area contributed by atoms with Gasteiger partial charge in [-0.1, -0.05) is 71.6 Å². The number of unbranched alkanes of at least 4 members (excludes halogenated alkanes) is 7. The Kier molecular flexibility index (Phi) is 11.9. The van der Waals surface area contributed by atoms with E-state index >= 15 is 0 Å². The first-order valence-electron chi connectivity index (χ1n) is 6.74. The molecule has 0 heterocycles. The maximum absolute atomic E-state index is 13.2. The van der Waals surface area contributed by atoms with Crippen LogP contribution in [0.25, 0.3) is 0 Å². The third-order valence-electron chi connectivity index (χ3n) is 2.89. The van der Waals surface area contributed by atoms with Crippen LogP contribution in [0.4, 0.5) is 4.39 Å². The summed E-state index contributed by atoms with van der Waals surface area (Å²) in [6, 6.07) is 0. The van der Waals surface area contributed by atoms with Gasteiger partial charge in [0.15, 0.2) is 0 Å². The molecule has 0 spiro atoms. The maximum atomic E-state index is 13.2. The van der Waals surface area contributed by atoms with Crippen LogP contribution in [-0.4, -0.2) is 6.17 Å². The third-order valence-corrected chi connectivity index (χ3v) is 2.89. The Morgan fingerprint density at radius 1 is 0.867 bits per heavy atom. The molecular formula is C14H28F. The van der Waals surface area contributed by atoms with Gasteiger partial charge in [-0.2, -0.15) is 0 Å². The molecule has 0 nitrogen and oxygen atoms in total. The van der Waals surface area contributed by atoms with Crippen molar-refractivity contribution < 1.29 is 4.39 Å². The van der Waals surface area contributed by atoms with E-state index in [-0.39, 0.29) is 0 Å². The zero-order valence-corrected chi connectivity index (χ0v) is 10.4. The van der Waals surface area contributed by atoms with Gasteiger partial charge in [0.1, 0.15) is 6.17 Å². The van der Waals surface area contributed by atoms with Gasteiger partial charge in [-0.05, 0) is 12.8 Å². The highest BCUT2D eigenvalue weighted by atomic mass is 19.1. The Labute approximate surface area is 95.6 Å². The Balaban J connectivity index is 3.02. The van der Waals surface area contributed by atoms with E-state index in [1.807, 2.05) is 0 Å². The molecule has 0 aliphatic carbocycles. The fraction of sp³-hybridized carbons (Fsp3) is 0.929. The third kappa shape index (κ3) is 11.9. The summed E-state index contributed by atoms with van der Waals surface area (Å²) in [5.41, 5.74) is 0. The molecule has 0 amide bonds. The van der Waals surface area contributed by atoms with Crippen molar-refractivity contribution in [1.29, 1.82) is 0 Å². The van der Waals surface area contributed by atoms with E-state index in [9.17, 15) is 4.39 Å². The highest BCUT2D eigenvalue weighted by Crippen LogP contribution is 2.14. The standard InChI is InChI=1S/C14H28F/c1-3-5-7-8-9-10-11-13-14(15)12-6-4-2/h14H,2-13H2,1H3. The van der Waals surface area contributed by atoms with Gasteiger partial charge >= 0.3 is 0 Å². The summed E-state index contributed by atoms with van der Waals surface area (Å²) in [7, 11) is 0. The Morgan fingerprint density at radius 2 is 1.40 bits per heavy atom. The van der Waals surface area contributed by atoms with Crippen LogP contribution < -0.4 is 0 Å². The van der Waals surface area contributed by atoms with Crippen LogP contribution in [0, 0.1) is 6.92 Å². The minimum absolute atomic E-state index is 0.567. The fourth-order valence-corrected chi connectivity index (χ4v) is 1.83. The maximum Gasteiger partial charge on any atom is 0.100 e. The zero-order valence-electron chi connectivity index (χ0n) is 10.4. The van der Waals surface area contributed by atoms with Gasteiger partial charge in [-0.15, -0.1) is 0 Å². The monoisotopic (exact) mass is 215 g/mol. The van der Waals surface area contributed by atoms with Gasteiger partial charge in [0.05, 0.1) is 0 Å².